The largest absolute Gasteiger partial charge is 0.475 e. The van der Waals surface area contributed by atoms with E-state index in [0.717, 1.165) is 23.9 Å². The van der Waals surface area contributed by atoms with Gasteiger partial charge >= 0.3 is 5.97 Å². The molecule has 1 aliphatic rings. The summed E-state index contributed by atoms with van der Waals surface area (Å²) in [6.07, 6.45) is 6.64. The van der Waals surface area contributed by atoms with Gasteiger partial charge in [0.2, 0.25) is 5.76 Å². The Morgan fingerprint density at radius 3 is 2.83 bits per heavy atom. The number of carbonyl (C=O) groups is 1. The van der Waals surface area contributed by atoms with Crippen LogP contribution in [-0.2, 0) is 6.54 Å². The number of furan rings is 1. The molecule has 4 nitrogen and oxygen atoms in total. The van der Waals surface area contributed by atoms with Gasteiger partial charge in [-0.05, 0) is 37.3 Å². The van der Waals surface area contributed by atoms with E-state index in [0.29, 0.717) is 6.54 Å². The van der Waals surface area contributed by atoms with Crippen molar-refractivity contribution in [1.82, 2.24) is 5.32 Å². The highest BCUT2D eigenvalue weighted by Crippen LogP contribution is 2.27. The normalized spacial score (nSPS) is 24.1. The van der Waals surface area contributed by atoms with Crippen molar-refractivity contribution < 1.29 is 14.3 Å². The van der Waals surface area contributed by atoms with E-state index < -0.39 is 5.97 Å². The summed E-state index contributed by atoms with van der Waals surface area (Å²) < 4.78 is 4.94. The Labute approximate surface area is 107 Å². The van der Waals surface area contributed by atoms with Gasteiger partial charge in [0.15, 0.2) is 0 Å². The Kier molecular flexibility index (Phi) is 4.42. The van der Waals surface area contributed by atoms with Gasteiger partial charge in [0.1, 0.15) is 0 Å². The van der Waals surface area contributed by atoms with E-state index in [1.807, 2.05) is 0 Å². The molecule has 0 bridgehead atoms. The van der Waals surface area contributed by atoms with E-state index in [1.165, 1.54) is 31.9 Å². The lowest BCUT2D eigenvalue weighted by Crippen LogP contribution is -2.26. The fraction of sp³-hybridized carbons (Fsp3) is 0.643. The highest BCUT2D eigenvalue weighted by molar-refractivity contribution is 5.86. The smallest absolute Gasteiger partial charge is 0.372 e. The van der Waals surface area contributed by atoms with Gasteiger partial charge in [-0.1, -0.05) is 19.8 Å². The summed E-state index contributed by atoms with van der Waals surface area (Å²) in [6, 6.07) is 1.72. The molecule has 0 aromatic carbocycles. The zero-order valence-electron chi connectivity index (χ0n) is 10.8. The number of hydrogen-bond acceptors (Lipinski definition) is 3. The van der Waals surface area contributed by atoms with Gasteiger partial charge in [-0.3, -0.25) is 0 Å². The quantitative estimate of drug-likeness (QED) is 0.844. The minimum atomic E-state index is -0.997. The van der Waals surface area contributed by atoms with Crippen molar-refractivity contribution in [3.8, 4) is 0 Å². The van der Waals surface area contributed by atoms with Gasteiger partial charge < -0.3 is 14.8 Å². The average molecular weight is 251 g/mol. The lowest BCUT2D eigenvalue weighted by Gasteiger charge is -2.26. The molecule has 2 rings (SSSR count). The third-order valence-corrected chi connectivity index (χ3v) is 3.82. The Morgan fingerprint density at radius 1 is 1.44 bits per heavy atom. The molecule has 0 radical (unpaired) electrons. The van der Waals surface area contributed by atoms with E-state index in [1.54, 1.807) is 6.07 Å². The van der Waals surface area contributed by atoms with Crippen LogP contribution in [0.25, 0.3) is 0 Å². The number of carboxylic acid groups (broad SMARTS) is 1. The van der Waals surface area contributed by atoms with Crippen LogP contribution >= 0.6 is 0 Å². The van der Waals surface area contributed by atoms with E-state index in [4.69, 9.17) is 9.52 Å². The molecule has 1 aromatic rings. The Balaban J connectivity index is 1.75. The van der Waals surface area contributed by atoms with E-state index in [-0.39, 0.29) is 5.76 Å². The van der Waals surface area contributed by atoms with Crippen LogP contribution in [0.15, 0.2) is 16.7 Å². The summed E-state index contributed by atoms with van der Waals surface area (Å²) in [4.78, 5) is 10.9. The van der Waals surface area contributed by atoms with Crippen molar-refractivity contribution in [2.24, 2.45) is 11.8 Å². The van der Waals surface area contributed by atoms with Crippen LogP contribution in [0.5, 0.6) is 0 Å². The molecule has 4 heteroatoms. The van der Waals surface area contributed by atoms with Crippen LogP contribution in [0.4, 0.5) is 0 Å². The van der Waals surface area contributed by atoms with Gasteiger partial charge in [0, 0.05) is 12.1 Å². The summed E-state index contributed by atoms with van der Waals surface area (Å²) in [7, 11) is 0. The maximum atomic E-state index is 10.9. The lowest BCUT2D eigenvalue weighted by atomic mass is 9.83. The fourth-order valence-electron chi connectivity index (χ4n) is 2.61. The first kappa shape index (κ1) is 13.1. The molecule has 100 valence electrons. The summed E-state index contributed by atoms with van der Waals surface area (Å²) in [6.45, 7) is 3.86. The molecule has 1 saturated carbocycles. The Morgan fingerprint density at radius 2 is 2.17 bits per heavy atom. The van der Waals surface area contributed by atoms with E-state index in [9.17, 15) is 4.79 Å². The van der Waals surface area contributed by atoms with Crippen molar-refractivity contribution in [3.63, 3.8) is 0 Å². The van der Waals surface area contributed by atoms with E-state index in [2.05, 4.69) is 12.2 Å². The molecule has 18 heavy (non-hydrogen) atoms. The van der Waals surface area contributed by atoms with Gasteiger partial charge in [-0.25, -0.2) is 4.79 Å². The second-order valence-electron chi connectivity index (χ2n) is 5.34. The maximum absolute atomic E-state index is 10.9. The van der Waals surface area contributed by atoms with Crippen molar-refractivity contribution in [1.29, 1.82) is 0 Å². The molecule has 2 N–H and O–H groups in total. The first-order chi connectivity index (χ1) is 8.66. The Bertz CT molecular complexity index is 391. The number of nitrogens with one attached hydrogen (secondary N) is 1. The summed E-state index contributed by atoms with van der Waals surface area (Å²) >= 11 is 0. The van der Waals surface area contributed by atoms with Crippen LogP contribution in [0.2, 0.25) is 0 Å². The van der Waals surface area contributed by atoms with Crippen LogP contribution in [0.3, 0.4) is 0 Å². The summed E-state index contributed by atoms with van der Waals surface area (Å²) in [5.41, 5.74) is 0.728. The highest BCUT2D eigenvalue weighted by Gasteiger charge is 2.18. The minimum absolute atomic E-state index is 0.0553. The van der Waals surface area contributed by atoms with E-state index >= 15 is 0 Å². The second kappa shape index (κ2) is 6.05. The predicted molar refractivity (Wildman–Crippen MR) is 68.5 cm³/mol. The number of hydrogen-bond donors (Lipinski definition) is 2. The highest BCUT2D eigenvalue weighted by atomic mass is 16.4. The predicted octanol–water partition coefficient (Wildman–Crippen LogP) is 2.89. The molecule has 1 aliphatic carbocycles. The third-order valence-electron chi connectivity index (χ3n) is 3.82. The maximum Gasteiger partial charge on any atom is 0.372 e. The zero-order valence-corrected chi connectivity index (χ0v) is 10.8. The standard InChI is InChI=1S/C14H21NO3/c1-10-2-4-11(5-3-10)8-15-9-12-6-7-18-13(12)14(16)17/h6-7,10-11,15H,2-5,8-9H2,1H3,(H,16,17). The molecule has 0 atom stereocenters. The molecular formula is C14H21NO3. The summed E-state index contributed by atoms with van der Waals surface area (Å²) in [5.74, 6) is 0.665. The van der Waals surface area contributed by atoms with Gasteiger partial charge in [0.25, 0.3) is 0 Å². The molecule has 0 spiro atoms. The second-order valence-corrected chi connectivity index (χ2v) is 5.34. The molecule has 0 amide bonds. The third kappa shape index (κ3) is 3.35. The molecule has 1 aromatic heterocycles. The minimum Gasteiger partial charge on any atom is -0.475 e. The number of rotatable bonds is 5. The molecular weight excluding hydrogens is 230 g/mol. The monoisotopic (exact) mass is 251 g/mol. The first-order valence-corrected chi connectivity index (χ1v) is 6.67. The van der Waals surface area contributed by atoms with Crippen LogP contribution in [0, 0.1) is 11.8 Å². The molecule has 0 unspecified atom stereocenters. The number of aromatic carboxylic acids is 1. The average Bonchev–Trinajstić information content (AvgIpc) is 2.80. The van der Waals surface area contributed by atoms with Gasteiger partial charge in [-0.15, -0.1) is 0 Å². The van der Waals surface area contributed by atoms with Crippen LogP contribution in [-0.4, -0.2) is 17.6 Å². The topological polar surface area (TPSA) is 62.5 Å². The van der Waals surface area contributed by atoms with Crippen molar-refractivity contribution in [2.75, 3.05) is 6.54 Å². The molecule has 1 heterocycles. The van der Waals surface area contributed by atoms with Crippen LogP contribution in [0.1, 0.15) is 48.7 Å². The SMILES string of the molecule is CC1CCC(CNCc2ccoc2C(=O)O)CC1. The zero-order chi connectivity index (χ0) is 13.0. The Hall–Kier alpha value is -1.29. The van der Waals surface area contributed by atoms with Crippen LogP contribution < -0.4 is 5.32 Å². The molecule has 0 saturated heterocycles. The van der Waals surface area contributed by atoms with Crippen molar-refractivity contribution in [3.05, 3.63) is 23.7 Å². The lowest BCUT2D eigenvalue weighted by molar-refractivity contribution is 0.0660. The fourth-order valence-corrected chi connectivity index (χ4v) is 2.61. The molecule has 0 aliphatic heterocycles. The van der Waals surface area contributed by atoms with Gasteiger partial charge in [-0.2, -0.15) is 0 Å². The summed E-state index contributed by atoms with van der Waals surface area (Å²) in [5, 5.41) is 12.3. The van der Waals surface area contributed by atoms with Gasteiger partial charge in [0.05, 0.1) is 6.26 Å². The number of carboxylic acids is 1. The van der Waals surface area contributed by atoms with Crippen molar-refractivity contribution in [2.45, 2.75) is 39.2 Å². The first-order valence-electron chi connectivity index (χ1n) is 6.67. The molecule has 1 fully saturated rings. The van der Waals surface area contributed by atoms with Crippen molar-refractivity contribution >= 4 is 5.97 Å².